The Morgan fingerprint density at radius 1 is 1.10 bits per heavy atom. The quantitative estimate of drug-likeness (QED) is 0.519. The molecular formula is C23H21N3O4. The van der Waals surface area contributed by atoms with Crippen molar-refractivity contribution in [3.63, 3.8) is 0 Å². The van der Waals surface area contributed by atoms with E-state index in [1.54, 1.807) is 0 Å². The number of phenolic OH excluding ortho intramolecular Hbond substituents is 1. The van der Waals surface area contributed by atoms with E-state index in [1.807, 2.05) is 60.1 Å². The predicted octanol–water partition coefficient (Wildman–Crippen LogP) is 4.28. The van der Waals surface area contributed by atoms with Gasteiger partial charge in [-0.05, 0) is 42.8 Å². The fraction of sp³-hybridized carbons (Fsp3) is 0.130. The standard InChI is InChI=1S/C23H21N3O4/c1-14-5-4-10-26-13-18(25-22(14)26)15-6-8-17(9-7-15)24-23(28)16-11-19(27)21(30-3)20(12-16)29-2/h4-13,27H,1-3H3,(H,24,28). The number of amides is 1. The molecule has 2 aromatic heterocycles. The Bertz CT molecular complexity index is 1230. The van der Waals surface area contributed by atoms with Crippen LogP contribution in [-0.4, -0.2) is 34.6 Å². The lowest BCUT2D eigenvalue weighted by Gasteiger charge is -2.12. The van der Waals surface area contributed by atoms with Crippen LogP contribution in [0.2, 0.25) is 0 Å². The van der Waals surface area contributed by atoms with Crippen LogP contribution in [0.5, 0.6) is 17.2 Å². The van der Waals surface area contributed by atoms with Crippen LogP contribution in [0, 0.1) is 6.92 Å². The van der Waals surface area contributed by atoms with Crippen molar-refractivity contribution in [3.8, 4) is 28.5 Å². The smallest absolute Gasteiger partial charge is 0.255 e. The van der Waals surface area contributed by atoms with Crippen molar-refractivity contribution in [1.29, 1.82) is 0 Å². The van der Waals surface area contributed by atoms with Crippen LogP contribution in [0.4, 0.5) is 5.69 Å². The molecule has 0 unspecified atom stereocenters. The Morgan fingerprint density at radius 2 is 1.87 bits per heavy atom. The van der Waals surface area contributed by atoms with E-state index >= 15 is 0 Å². The topological polar surface area (TPSA) is 85.1 Å². The van der Waals surface area contributed by atoms with Crippen LogP contribution in [0.15, 0.2) is 60.9 Å². The number of benzene rings is 2. The lowest BCUT2D eigenvalue weighted by Crippen LogP contribution is -2.12. The van der Waals surface area contributed by atoms with E-state index in [9.17, 15) is 9.90 Å². The number of nitrogens with one attached hydrogen (secondary N) is 1. The number of aromatic nitrogens is 2. The fourth-order valence-electron chi connectivity index (χ4n) is 3.30. The zero-order valence-corrected chi connectivity index (χ0v) is 16.8. The van der Waals surface area contributed by atoms with Crippen molar-refractivity contribution in [1.82, 2.24) is 9.38 Å². The van der Waals surface area contributed by atoms with Gasteiger partial charge in [0.05, 0.1) is 19.9 Å². The first-order valence-corrected chi connectivity index (χ1v) is 9.31. The summed E-state index contributed by atoms with van der Waals surface area (Å²) in [6.07, 6.45) is 3.94. The average Bonchev–Trinajstić information content (AvgIpc) is 3.19. The number of rotatable bonds is 5. The van der Waals surface area contributed by atoms with Gasteiger partial charge in [-0.1, -0.05) is 18.2 Å². The molecule has 0 saturated carbocycles. The summed E-state index contributed by atoms with van der Waals surface area (Å²) in [5, 5.41) is 12.9. The van der Waals surface area contributed by atoms with E-state index in [4.69, 9.17) is 9.47 Å². The van der Waals surface area contributed by atoms with Gasteiger partial charge in [0.2, 0.25) is 5.75 Å². The van der Waals surface area contributed by atoms with Crippen molar-refractivity contribution in [2.24, 2.45) is 0 Å². The number of ether oxygens (including phenoxy) is 2. The average molecular weight is 403 g/mol. The number of hydrogen-bond acceptors (Lipinski definition) is 5. The minimum Gasteiger partial charge on any atom is -0.504 e. The van der Waals surface area contributed by atoms with E-state index in [2.05, 4.69) is 10.3 Å². The Balaban J connectivity index is 1.55. The molecule has 7 heteroatoms. The number of aryl methyl sites for hydroxylation is 1. The SMILES string of the molecule is COc1cc(C(=O)Nc2ccc(-c3cn4cccc(C)c4n3)cc2)cc(O)c1OC. The summed E-state index contributed by atoms with van der Waals surface area (Å²) < 4.78 is 12.3. The first-order chi connectivity index (χ1) is 14.5. The zero-order valence-electron chi connectivity index (χ0n) is 16.8. The number of aromatic hydroxyl groups is 1. The van der Waals surface area contributed by atoms with Crippen molar-refractivity contribution in [2.75, 3.05) is 19.5 Å². The maximum Gasteiger partial charge on any atom is 0.255 e. The second kappa shape index (κ2) is 7.79. The van der Waals surface area contributed by atoms with E-state index in [0.29, 0.717) is 5.69 Å². The number of nitrogens with zero attached hydrogens (tertiary/aromatic N) is 2. The van der Waals surface area contributed by atoms with Crippen molar-refractivity contribution in [2.45, 2.75) is 6.92 Å². The second-order valence-electron chi connectivity index (χ2n) is 6.81. The summed E-state index contributed by atoms with van der Waals surface area (Å²) in [7, 11) is 2.86. The predicted molar refractivity (Wildman–Crippen MR) is 115 cm³/mol. The van der Waals surface area contributed by atoms with Gasteiger partial charge in [0.15, 0.2) is 11.5 Å². The summed E-state index contributed by atoms with van der Waals surface area (Å²) in [5.74, 6) is -0.0805. The monoisotopic (exact) mass is 403 g/mol. The Hall–Kier alpha value is -4.00. The fourth-order valence-corrected chi connectivity index (χ4v) is 3.30. The third-order valence-electron chi connectivity index (χ3n) is 4.84. The van der Waals surface area contributed by atoms with E-state index in [-0.39, 0.29) is 28.7 Å². The van der Waals surface area contributed by atoms with E-state index in [1.165, 1.54) is 26.4 Å². The summed E-state index contributed by atoms with van der Waals surface area (Å²) in [6, 6.07) is 14.3. The molecule has 0 spiro atoms. The Morgan fingerprint density at radius 3 is 2.53 bits per heavy atom. The van der Waals surface area contributed by atoms with Gasteiger partial charge in [0.25, 0.3) is 5.91 Å². The number of carbonyl (C=O) groups excluding carboxylic acids is 1. The van der Waals surface area contributed by atoms with Crippen molar-refractivity contribution < 1.29 is 19.4 Å². The van der Waals surface area contributed by atoms with Gasteiger partial charge in [-0.25, -0.2) is 4.98 Å². The molecule has 2 heterocycles. The highest BCUT2D eigenvalue weighted by atomic mass is 16.5. The molecule has 2 aromatic carbocycles. The highest BCUT2D eigenvalue weighted by molar-refractivity contribution is 6.05. The van der Waals surface area contributed by atoms with Crippen molar-refractivity contribution >= 4 is 17.2 Å². The molecule has 1 amide bonds. The largest absolute Gasteiger partial charge is 0.504 e. The highest BCUT2D eigenvalue weighted by Gasteiger charge is 2.16. The molecule has 30 heavy (non-hydrogen) atoms. The lowest BCUT2D eigenvalue weighted by atomic mass is 10.1. The van der Waals surface area contributed by atoms with Crippen LogP contribution >= 0.6 is 0 Å². The molecule has 7 nitrogen and oxygen atoms in total. The van der Waals surface area contributed by atoms with Crippen LogP contribution in [0.1, 0.15) is 15.9 Å². The van der Waals surface area contributed by atoms with Gasteiger partial charge >= 0.3 is 0 Å². The van der Waals surface area contributed by atoms with Gasteiger partial charge in [-0.15, -0.1) is 0 Å². The first kappa shape index (κ1) is 19.3. The Labute approximate surface area is 173 Å². The van der Waals surface area contributed by atoms with Crippen LogP contribution in [0.25, 0.3) is 16.9 Å². The lowest BCUT2D eigenvalue weighted by molar-refractivity contribution is 0.102. The van der Waals surface area contributed by atoms with Crippen LogP contribution in [0.3, 0.4) is 0 Å². The van der Waals surface area contributed by atoms with Gasteiger partial charge in [0, 0.05) is 29.2 Å². The van der Waals surface area contributed by atoms with E-state index in [0.717, 1.165) is 22.5 Å². The second-order valence-corrected chi connectivity index (χ2v) is 6.81. The summed E-state index contributed by atoms with van der Waals surface area (Å²) >= 11 is 0. The number of phenols is 1. The first-order valence-electron chi connectivity index (χ1n) is 9.31. The Kier molecular flexibility index (Phi) is 5.02. The van der Waals surface area contributed by atoms with Gasteiger partial charge in [-0.2, -0.15) is 0 Å². The molecule has 4 aromatic rings. The number of carbonyl (C=O) groups is 1. The van der Waals surface area contributed by atoms with Crippen LogP contribution in [-0.2, 0) is 0 Å². The third kappa shape index (κ3) is 3.53. The molecule has 0 aliphatic carbocycles. The molecule has 0 atom stereocenters. The molecular weight excluding hydrogens is 382 g/mol. The molecule has 0 aliphatic heterocycles. The minimum absolute atomic E-state index is 0.167. The maximum absolute atomic E-state index is 12.6. The number of anilines is 1. The number of pyridine rings is 1. The van der Waals surface area contributed by atoms with Gasteiger partial charge in [0.1, 0.15) is 5.65 Å². The summed E-state index contributed by atoms with van der Waals surface area (Å²) in [6.45, 7) is 2.02. The molecule has 2 N–H and O–H groups in total. The third-order valence-corrected chi connectivity index (χ3v) is 4.84. The molecule has 0 aliphatic rings. The summed E-state index contributed by atoms with van der Waals surface area (Å²) in [4.78, 5) is 17.3. The maximum atomic E-state index is 12.6. The number of hydrogen-bond donors (Lipinski definition) is 2. The molecule has 152 valence electrons. The number of imidazole rings is 1. The highest BCUT2D eigenvalue weighted by Crippen LogP contribution is 2.37. The van der Waals surface area contributed by atoms with Crippen LogP contribution < -0.4 is 14.8 Å². The summed E-state index contributed by atoms with van der Waals surface area (Å²) in [5.41, 5.74) is 4.69. The molecule has 0 saturated heterocycles. The van der Waals surface area contributed by atoms with Gasteiger partial charge < -0.3 is 24.3 Å². The molecule has 4 rings (SSSR count). The molecule has 0 fully saturated rings. The number of fused-ring (bicyclic) bond motifs is 1. The minimum atomic E-state index is -0.373. The normalized spacial score (nSPS) is 10.8. The zero-order chi connectivity index (χ0) is 21.3. The van der Waals surface area contributed by atoms with Gasteiger partial charge in [-0.3, -0.25) is 4.79 Å². The van der Waals surface area contributed by atoms with Crippen molar-refractivity contribution in [3.05, 3.63) is 72.1 Å². The number of methoxy groups -OCH3 is 2. The van der Waals surface area contributed by atoms with E-state index < -0.39 is 0 Å². The molecule has 0 bridgehead atoms. The molecule has 0 radical (unpaired) electrons.